The standard InChI is InChI=1S/C30H30N2O6S/c1-4-6-7-10-17-37-20-15-13-19(14-16-20)24-23-25(33)21-11-8-9-12-22(21)38-26(23)28(34)32(24)30-31-18(3)27(39-30)29(35)36-5-2/h8-9,11-16,24H,4-7,10,17H2,1-3H3/t24-/m1/s1. The lowest BCUT2D eigenvalue weighted by atomic mass is 9.98. The van der Waals surface area contributed by atoms with Crippen LogP contribution >= 0.6 is 11.3 Å². The van der Waals surface area contributed by atoms with Gasteiger partial charge in [-0.2, -0.15) is 0 Å². The van der Waals surface area contributed by atoms with Crippen molar-refractivity contribution in [2.24, 2.45) is 0 Å². The van der Waals surface area contributed by atoms with Gasteiger partial charge in [-0.1, -0.05) is 61.8 Å². The van der Waals surface area contributed by atoms with E-state index in [1.54, 1.807) is 38.1 Å². The Morgan fingerprint density at radius 1 is 1.05 bits per heavy atom. The first-order valence-corrected chi connectivity index (χ1v) is 14.0. The first kappa shape index (κ1) is 26.6. The van der Waals surface area contributed by atoms with Crippen molar-refractivity contribution in [1.82, 2.24) is 4.98 Å². The Morgan fingerprint density at radius 2 is 1.82 bits per heavy atom. The minimum atomic E-state index is -0.785. The second-order valence-corrected chi connectivity index (χ2v) is 10.3. The summed E-state index contributed by atoms with van der Waals surface area (Å²) in [4.78, 5) is 46.3. The summed E-state index contributed by atoms with van der Waals surface area (Å²) in [6, 6.07) is 13.5. The van der Waals surface area contributed by atoms with E-state index < -0.39 is 17.9 Å². The molecule has 1 atom stereocenters. The Morgan fingerprint density at radius 3 is 2.56 bits per heavy atom. The van der Waals surface area contributed by atoms with Gasteiger partial charge in [0, 0.05) is 0 Å². The molecule has 0 radical (unpaired) electrons. The van der Waals surface area contributed by atoms with E-state index in [0.29, 0.717) is 39.5 Å². The number of para-hydroxylation sites is 1. The molecular formula is C30H30N2O6S. The molecule has 0 N–H and O–H groups in total. The Bertz CT molecular complexity index is 1570. The normalized spacial score (nSPS) is 14.6. The summed E-state index contributed by atoms with van der Waals surface area (Å²) in [5.41, 5.74) is 1.46. The van der Waals surface area contributed by atoms with Crippen molar-refractivity contribution < 1.29 is 23.5 Å². The highest BCUT2D eigenvalue weighted by Gasteiger charge is 2.45. The highest BCUT2D eigenvalue weighted by Crippen LogP contribution is 2.43. The van der Waals surface area contributed by atoms with Gasteiger partial charge in [-0.3, -0.25) is 14.5 Å². The number of hydrogen-bond donors (Lipinski definition) is 0. The van der Waals surface area contributed by atoms with Gasteiger partial charge in [0.05, 0.1) is 35.9 Å². The van der Waals surface area contributed by atoms with Crippen molar-refractivity contribution in [3.8, 4) is 5.75 Å². The maximum absolute atomic E-state index is 13.8. The van der Waals surface area contributed by atoms with Gasteiger partial charge in [0.25, 0.3) is 5.91 Å². The molecule has 9 heteroatoms. The van der Waals surface area contributed by atoms with Crippen molar-refractivity contribution in [3.63, 3.8) is 0 Å². The first-order valence-electron chi connectivity index (χ1n) is 13.2. The van der Waals surface area contributed by atoms with Crippen molar-refractivity contribution in [1.29, 1.82) is 0 Å². The molecule has 0 aliphatic carbocycles. The maximum atomic E-state index is 13.8. The lowest BCUT2D eigenvalue weighted by molar-refractivity contribution is 0.0531. The van der Waals surface area contributed by atoms with Crippen molar-refractivity contribution in [2.45, 2.75) is 52.5 Å². The zero-order valence-corrected chi connectivity index (χ0v) is 23.0. The van der Waals surface area contributed by atoms with Crippen molar-refractivity contribution >= 4 is 39.3 Å². The van der Waals surface area contributed by atoms with Crippen LogP contribution in [0, 0.1) is 6.92 Å². The lowest BCUT2D eigenvalue weighted by Gasteiger charge is -2.22. The van der Waals surface area contributed by atoms with Crippen LogP contribution in [-0.4, -0.2) is 30.1 Å². The molecule has 1 aliphatic rings. The van der Waals surface area contributed by atoms with E-state index in [9.17, 15) is 14.4 Å². The number of nitrogens with zero attached hydrogens (tertiary/aromatic N) is 2. The van der Waals surface area contributed by atoms with Gasteiger partial charge in [0.15, 0.2) is 10.6 Å². The third-order valence-corrected chi connectivity index (χ3v) is 7.83. The average Bonchev–Trinajstić information content (AvgIpc) is 3.46. The lowest BCUT2D eigenvalue weighted by Crippen LogP contribution is -2.29. The molecule has 0 bridgehead atoms. The fraction of sp³-hybridized carbons (Fsp3) is 0.333. The van der Waals surface area contributed by atoms with Crippen molar-refractivity contribution in [2.75, 3.05) is 18.1 Å². The number of amides is 1. The van der Waals surface area contributed by atoms with Gasteiger partial charge < -0.3 is 13.9 Å². The average molecular weight is 547 g/mol. The molecule has 39 heavy (non-hydrogen) atoms. The number of ether oxygens (including phenoxy) is 2. The summed E-state index contributed by atoms with van der Waals surface area (Å²) < 4.78 is 17.1. The summed E-state index contributed by atoms with van der Waals surface area (Å²) in [6.07, 6.45) is 4.44. The second-order valence-electron chi connectivity index (χ2n) is 9.36. The first-order chi connectivity index (χ1) is 18.9. The van der Waals surface area contributed by atoms with E-state index in [1.165, 1.54) is 11.3 Å². The van der Waals surface area contributed by atoms with Gasteiger partial charge in [0.2, 0.25) is 5.76 Å². The largest absolute Gasteiger partial charge is 0.494 e. The van der Waals surface area contributed by atoms with Gasteiger partial charge in [0.1, 0.15) is 16.2 Å². The van der Waals surface area contributed by atoms with Crippen LogP contribution in [-0.2, 0) is 4.74 Å². The summed E-state index contributed by atoms with van der Waals surface area (Å²) in [6.45, 7) is 6.44. The van der Waals surface area contributed by atoms with Crippen LogP contribution in [0.5, 0.6) is 5.75 Å². The van der Waals surface area contributed by atoms with Gasteiger partial charge >= 0.3 is 5.97 Å². The number of carbonyl (C=O) groups is 2. The zero-order chi connectivity index (χ0) is 27.5. The number of unbranched alkanes of at least 4 members (excludes halogenated alkanes) is 3. The summed E-state index contributed by atoms with van der Waals surface area (Å²) in [5, 5.41) is 0.683. The fourth-order valence-corrected chi connectivity index (χ4v) is 5.76. The Kier molecular flexibility index (Phi) is 7.79. The predicted octanol–water partition coefficient (Wildman–Crippen LogP) is 6.44. The molecule has 0 fully saturated rings. The monoisotopic (exact) mass is 546 g/mol. The van der Waals surface area contributed by atoms with E-state index in [2.05, 4.69) is 11.9 Å². The third kappa shape index (κ3) is 5.06. The zero-order valence-electron chi connectivity index (χ0n) is 22.2. The van der Waals surface area contributed by atoms with Crippen LogP contribution in [0.3, 0.4) is 0 Å². The molecule has 0 unspecified atom stereocenters. The topological polar surface area (TPSA) is 98.9 Å². The number of aromatic nitrogens is 1. The number of rotatable bonds is 10. The molecule has 3 heterocycles. The molecule has 0 saturated carbocycles. The SMILES string of the molecule is CCCCCCOc1ccc([C@@H]2c3c(oc4ccccc4c3=O)C(=O)N2c2nc(C)c(C(=O)OCC)s2)cc1. The molecule has 1 amide bonds. The van der Waals surface area contributed by atoms with E-state index in [4.69, 9.17) is 13.9 Å². The number of carbonyl (C=O) groups excluding carboxylic acids is 2. The molecule has 8 nitrogen and oxygen atoms in total. The Hall–Kier alpha value is -3.98. The van der Waals surface area contributed by atoms with E-state index in [1.807, 2.05) is 24.3 Å². The van der Waals surface area contributed by atoms with Gasteiger partial charge in [-0.15, -0.1) is 0 Å². The quantitative estimate of drug-likeness (QED) is 0.167. The van der Waals surface area contributed by atoms with Crippen LogP contribution in [0.2, 0.25) is 0 Å². The molecule has 5 rings (SSSR count). The van der Waals surface area contributed by atoms with Crippen molar-refractivity contribution in [3.05, 3.63) is 86.2 Å². The Labute approximate surface area is 230 Å². The number of fused-ring (bicyclic) bond motifs is 2. The summed E-state index contributed by atoms with van der Waals surface area (Å²) >= 11 is 1.06. The number of anilines is 1. The molecule has 0 spiro atoms. The van der Waals surface area contributed by atoms with Crippen LogP contribution in [0.1, 0.15) is 82.6 Å². The molecule has 0 saturated heterocycles. The third-order valence-electron chi connectivity index (χ3n) is 6.69. The summed E-state index contributed by atoms with van der Waals surface area (Å²) in [7, 11) is 0. The van der Waals surface area contributed by atoms with E-state index >= 15 is 0 Å². The number of hydrogen-bond acceptors (Lipinski definition) is 8. The molecule has 1 aliphatic heterocycles. The number of benzene rings is 2. The number of thiazole rings is 1. The fourth-order valence-electron chi connectivity index (χ4n) is 4.77. The molecule has 4 aromatic rings. The van der Waals surface area contributed by atoms with E-state index in [0.717, 1.165) is 30.6 Å². The van der Waals surface area contributed by atoms with Crippen LogP contribution in [0.15, 0.2) is 57.7 Å². The maximum Gasteiger partial charge on any atom is 0.350 e. The van der Waals surface area contributed by atoms with Gasteiger partial charge in [-0.05, 0) is 50.1 Å². The minimum Gasteiger partial charge on any atom is -0.494 e. The highest BCUT2D eigenvalue weighted by atomic mass is 32.1. The van der Waals surface area contributed by atoms with Crippen LogP contribution in [0.4, 0.5) is 5.13 Å². The molecule has 202 valence electrons. The van der Waals surface area contributed by atoms with Crippen LogP contribution < -0.4 is 15.1 Å². The smallest absolute Gasteiger partial charge is 0.350 e. The molecule has 2 aromatic heterocycles. The second kappa shape index (κ2) is 11.4. The molecule has 2 aromatic carbocycles. The van der Waals surface area contributed by atoms with Gasteiger partial charge in [-0.25, -0.2) is 9.78 Å². The number of esters is 1. The predicted molar refractivity (Wildman–Crippen MR) is 150 cm³/mol. The highest BCUT2D eigenvalue weighted by molar-refractivity contribution is 7.17. The molecular weight excluding hydrogens is 516 g/mol. The van der Waals surface area contributed by atoms with Crippen LogP contribution in [0.25, 0.3) is 11.0 Å². The number of aryl methyl sites for hydroxylation is 1. The minimum absolute atomic E-state index is 0.0227. The summed E-state index contributed by atoms with van der Waals surface area (Å²) in [5.74, 6) is -0.296. The van der Waals surface area contributed by atoms with E-state index in [-0.39, 0.29) is 28.5 Å². The Balaban J connectivity index is 1.57.